The molecule has 144 valence electrons. The molecule has 2 amide bonds. The first-order chi connectivity index (χ1) is 13.1. The molecule has 0 aliphatic rings. The van der Waals surface area contributed by atoms with Gasteiger partial charge in [-0.15, -0.1) is 0 Å². The number of hydrogen-bond donors (Lipinski definition) is 1. The Kier molecular flexibility index (Phi) is 8.36. The number of carbonyl (C=O) groups excluding carboxylic acids is 2. The van der Waals surface area contributed by atoms with Crippen molar-refractivity contribution in [2.75, 3.05) is 26.7 Å². The van der Waals surface area contributed by atoms with Crippen LogP contribution in [0.5, 0.6) is 5.75 Å². The lowest BCUT2D eigenvalue weighted by Gasteiger charge is -2.21. The fourth-order valence-electron chi connectivity index (χ4n) is 2.91. The Morgan fingerprint density at radius 1 is 0.963 bits per heavy atom. The summed E-state index contributed by atoms with van der Waals surface area (Å²) in [6, 6.07) is 17.8. The van der Waals surface area contributed by atoms with Crippen LogP contribution in [-0.4, -0.2) is 43.5 Å². The van der Waals surface area contributed by atoms with Gasteiger partial charge in [0.25, 0.3) is 0 Å². The van der Waals surface area contributed by atoms with Gasteiger partial charge in [-0.1, -0.05) is 48.5 Å². The van der Waals surface area contributed by atoms with Crippen LogP contribution in [0.25, 0.3) is 0 Å². The maximum Gasteiger partial charge on any atom is 0.221 e. The van der Waals surface area contributed by atoms with Gasteiger partial charge in [-0.05, 0) is 30.0 Å². The second kappa shape index (κ2) is 11.0. The summed E-state index contributed by atoms with van der Waals surface area (Å²) in [6.45, 7) is 3.14. The van der Waals surface area contributed by atoms with Gasteiger partial charge < -0.3 is 15.0 Å². The molecule has 0 radical (unpaired) electrons. The minimum atomic E-state index is -0.0455. The van der Waals surface area contributed by atoms with Gasteiger partial charge >= 0.3 is 0 Å². The number of rotatable bonds is 10. The van der Waals surface area contributed by atoms with Crippen molar-refractivity contribution in [2.24, 2.45) is 0 Å². The Morgan fingerprint density at radius 2 is 1.67 bits per heavy atom. The van der Waals surface area contributed by atoms with Crippen molar-refractivity contribution < 1.29 is 14.3 Å². The minimum absolute atomic E-state index is 0.00671. The Bertz CT molecular complexity index is 731. The summed E-state index contributed by atoms with van der Waals surface area (Å²) in [5.74, 6) is 0.777. The highest BCUT2D eigenvalue weighted by Gasteiger charge is 2.11. The molecule has 0 atom stereocenters. The SMILES string of the molecule is COc1ccccc1CCNC(=O)CCN(CCc1ccccc1)C(C)=O. The van der Waals surface area contributed by atoms with Crippen molar-refractivity contribution in [3.63, 3.8) is 0 Å². The summed E-state index contributed by atoms with van der Waals surface area (Å²) >= 11 is 0. The predicted molar refractivity (Wildman–Crippen MR) is 107 cm³/mol. The summed E-state index contributed by atoms with van der Waals surface area (Å²) in [4.78, 5) is 25.7. The number of nitrogens with zero attached hydrogens (tertiary/aromatic N) is 1. The number of benzene rings is 2. The van der Waals surface area contributed by atoms with E-state index in [1.807, 2.05) is 54.6 Å². The zero-order valence-electron chi connectivity index (χ0n) is 16.1. The highest BCUT2D eigenvalue weighted by molar-refractivity contribution is 5.78. The largest absolute Gasteiger partial charge is 0.496 e. The van der Waals surface area contributed by atoms with E-state index in [0.29, 0.717) is 32.5 Å². The fraction of sp³-hybridized carbons (Fsp3) is 0.364. The van der Waals surface area contributed by atoms with Crippen molar-refractivity contribution in [1.82, 2.24) is 10.2 Å². The first-order valence-electron chi connectivity index (χ1n) is 9.28. The van der Waals surface area contributed by atoms with E-state index in [1.165, 1.54) is 5.56 Å². The normalized spacial score (nSPS) is 10.3. The average molecular weight is 368 g/mol. The van der Waals surface area contributed by atoms with E-state index in [4.69, 9.17) is 4.74 Å². The molecule has 2 aromatic rings. The first kappa shape index (κ1) is 20.5. The van der Waals surface area contributed by atoms with Crippen LogP contribution in [0.15, 0.2) is 54.6 Å². The van der Waals surface area contributed by atoms with Gasteiger partial charge in [0.2, 0.25) is 11.8 Å². The highest BCUT2D eigenvalue weighted by atomic mass is 16.5. The molecule has 0 fully saturated rings. The van der Waals surface area contributed by atoms with Crippen LogP contribution in [-0.2, 0) is 22.4 Å². The van der Waals surface area contributed by atoms with Gasteiger partial charge in [0.15, 0.2) is 0 Å². The van der Waals surface area contributed by atoms with E-state index in [0.717, 1.165) is 17.7 Å². The fourth-order valence-corrected chi connectivity index (χ4v) is 2.91. The van der Waals surface area contributed by atoms with Crippen LogP contribution < -0.4 is 10.1 Å². The third-order valence-electron chi connectivity index (χ3n) is 4.48. The lowest BCUT2D eigenvalue weighted by atomic mass is 10.1. The molecule has 5 nitrogen and oxygen atoms in total. The van der Waals surface area contributed by atoms with Crippen LogP contribution in [0.1, 0.15) is 24.5 Å². The van der Waals surface area contributed by atoms with Crippen molar-refractivity contribution >= 4 is 11.8 Å². The molecular weight excluding hydrogens is 340 g/mol. The number of carbonyl (C=O) groups is 2. The first-order valence-corrected chi connectivity index (χ1v) is 9.28. The lowest BCUT2D eigenvalue weighted by molar-refractivity contribution is -0.129. The van der Waals surface area contributed by atoms with E-state index in [9.17, 15) is 9.59 Å². The average Bonchev–Trinajstić information content (AvgIpc) is 2.68. The van der Waals surface area contributed by atoms with E-state index >= 15 is 0 Å². The summed E-state index contributed by atoms with van der Waals surface area (Å²) in [6.07, 6.45) is 1.80. The quantitative estimate of drug-likeness (QED) is 0.702. The van der Waals surface area contributed by atoms with Crippen LogP contribution >= 0.6 is 0 Å². The Balaban J connectivity index is 1.72. The lowest BCUT2D eigenvalue weighted by Crippen LogP contribution is -2.35. The van der Waals surface area contributed by atoms with Crippen LogP contribution in [0.4, 0.5) is 0 Å². The van der Waals surface area contributed by atoms with Gasteiger partial charge in [-0.2, -0.15) is 0 Å². The second-order valence-electron chi connectivity index (χ2n) is 6.40. The maximum atomic E-state index is 12.1. The number of ether oxygens (including phenoxy) is 1. The smallest absolute Gasteiger partial charge is 0.221 e. The van der Waals surface area contributed by atoms with Gasteiger partial charge in [0.05, 0.1) is 7.11 Å². The molecule has 0 heterocycles. The molecule has 0 bridgehead atoms. The monoisotopic (exact) mass is 368 g/mol. The molecular formula is C22H28N2O3. The molecule has 5 heteroatoms. The Hall–Kier alpha value is -2.82. The van der Waals surface area contributed by atoms with E-state index in [-0.39, 0.29) is 11.8 Å². The molecule has 0 spiro atoms. The summed E-state index contributed by atoms with van der Waals surface area (Å²) in [7, 11) is 1.64. The molecule has 2 aromatic carbocycles. The maximum absolute atomic E-state index is 12.1. The number of hydrogen-bond acceptors (Lipinski definition) is 3. The van der Waals surface area contributed by atoms with Crippen molar-refractivity contribution in [2.45, 2.75) is 26.2 Å². The molecule has 0 aromatic heterocycles. The van der Waals surface area contributed by atoms with Gasteiger partial charge in [0.1, 0.15) is 5.75 Å². The number of para-hydroxylation sites is 1. The molecule has 0 saturated carbocycles. The van der Waals surface area contributed by atoms with Crippen molar-refractivity contribution in [3.8, 4) is 5.75 Å². The molecule has 1 N–H and O–H groups in total. The second-order valence-corrected chi connectivity index (χ2v) is 6.40. The molecule has 0 unspecified atom stereocenters. The number of methoxy groups -OCH3 is 1. The summed E-state index contributed by atoms with van der Waals surface area (Å²) in [5, 5.41) is 2.92. The predicted octanol–water partition coefficient (Wildman–Crippen LogP) is 2.84. The molecule has 0 aliphatic heterocycles. The van der Waals surface area contributed by atoms with Crippen molar-refractivity contribution in [3.05, 3.63) is 65.7 Å². The topological polar surface area (TPSA) is 58.6 Å². The van der Waals surface area contributed by atoms with Crippen LogP contribution in [0.3, 0.4) is 0 Å². The summed E-state index contributed by atoms with van der Waals surface area (Å²) in [5.41, 5.74) is 2.25. The van der Waals surface area contributed by atoms with E-state index in [1.54, 1.807) is 18.9 Å². The molecule has 2 rings (SSSR count). The molecule has 0 aliphatic carbocycles. The zero-order valence-corrected chi connectivity index (χ0v) is 16.1. The highest BCUT2D eigenvalue weighted by Crippen LogP contribution is 2.17. The Labute approximate surface area is 161 Å². The number of nitrogens with one attached hydrogen (secondary N) is 1. The van der Waals surface area contributed by atoms with E-state index < -0.39 is 0 Å². The summed E-state index contributed by atoms with van der Waals surface area (Å²) < 4.78 is 5.31. The van der Waals surface area contributed by atoms with Crippen LogP contribution in [0.2, 0.25) is 0 Å². The van der Waals surface area contributed by atoms with E-state index in [2.05, 4.69) is 5.32 Å². The van der Waals surface area contributed by atoms with Gasteiger partial charge in [-0.3, -0.25) is 9.59 Å². The van der Waals surface area contributed by atoms with Crippen LogP contribution in [0, 0.1) is 0 Å². The zero-order chi connectivity index (χ0) is 19.5. The minimum Gasteiger partial charge on any atom is -0.496 e. The van der Waals surface area contributed by atoms with Crippen molar-refractivity contribution in [1.29, 1.82) is 0 Å². The Morgan fingerprint density at radius 3 is 2.37 bits per heavy atom. The standard InChI is InChI=1S/C22H28N2O3/c1-18(25)24(16-13-19-8-4-3-5-9-19)17-14-22(26)23-15-12-20-10-6-7-11-21(20)27-2/h3-11H,12-17H2,1-2H3,(H,23,26). The van der Waals surface area contributed by atoms with Gasteiger partial charge in [-0.25, -0.2) is 0 Å². The van der Waals surface area contributed by atoms with Gasteiger partial charge in [0, 0.05) is 33.0 Å². The third kappa shape index (κ3) is 7.13. The molecule has 0 saturated heterocycles. The molecule has 27 heavy (non-hydrogen) atoms. The number of amides is 2. The third-order valence-corrected chi connectivity index (χ3v) is 4.48.